The SMILES string of the molecule is CC(NC(=O)CN1C(=O)NC2(CCCc3sccc32)C1=O)c1ccc(-c2ccccc2)cc1. The zero-order valence-corrected chi connectivity index (χ0v) is 19.2. The number of hydrogen-bond donors (Lipinski definition) is 2. The molecule has 2 N–H and O–H groups in total. The summed E-state index contributed by atoms with van der Waals surface area (Å²) in [6, 6.07) is 19.3. The number of rotatable bonds is 5. The van der Waals surface area contributed by atoms with Crippen molar-refractivity contribution in [1.29, 1.82) is 0 Å². The number of aryl methyl sites for hydroxylation is 1. The average molecular weight is 460 g/mol. The van der Waals surface area contributed by atoms with Crippen molar-refractivity contribution in [2.24, 2.45) is 0 Å². The Morgan fingerprint density at radius 2 is 1.82 bits per heavy atom. The molecule has 1 spiro atoms. The molecule has 1 fully saturated rings. The highest BCUT2D eigenvalue weighted by Gasteiger charge is 2.54. The highest BCUT2D eigenvalue weighted by molar-refractivity contribution is 7.10. The van der Waals surface area contributed by atoms with Gasteiger partial charge in [0.25, 0.3) is 5.91 Å². The zero-order chi connectivity index (χ0) is 23.0. The molecule has 5 rings (SSSR count). The Bertz CT molecular complexity index is 1210. The minimum absolute atomic E-state index is 0.254. The minimum atomic E-state index is -1.02. The zero-order valence-electron chi connectivity index (χ0n) is 18.3. The van der Waals surface area contributed by atoms with Crippen LogP contribution in [0.25, 0.3) is 11.1 Å². The summed E-state index contributed by atoms with van der Waals surface area (Å²) in [6.45, 7) is 1.60. The third-order valence-corrected chi connectivity index (χ3v) is 7.51. The van der Waals surface area contributed by atoms with E-state index in [1.54, 1.807) is 11.3 Å². The fourth-order valence-corrected chi connectivity index (χ4v) is 5.79. The first-order valence-electron chi connectivity index (χ1n) is 11.1. The van der Waals surface area contributed by atoms with E-state index in [1.807, 2.05) is 60.8 Å². The number of nitrogens with zero attached hydrogens (tertiary/aromatic N) is 1. The highest BCUT2D eigenvalue weighted by atomic mass is 32.1. The van der Waals surface area contributed by atoms with Crippen molar-refractivity contribution >= 4 is 29.2 Å². The first-order chi connectivity index (χ1) is 16.0. The van der Waals surface area contributed by atoms with Crippen LogP contribution in [0.3, 0.4) is 0 Å². The molecule has 0 saturated carbocycles. The molecule has 1 aromatic heterocycles. The maximum absolute atomic E-state index is 13.3. The smallest absolute Gasteiger partial charge is 0.325 e. The molecule has 1 saturated heterocycles. The molecule has 2 aromatic carbocycles. The lowest BCUT2D eigenvalue weighted by Gasteiger charge is -2.31. The van der Waals surface area contributed by atoms with Gasteiger partial charge >= 0.3 is 6.03 Å². The normalized spacial score (nSPS) is 20.5. The van der Waals surface area contributed by atoms with Gasteiger partial charge in [0.1, 0.15) is 12.1 Å². The van der Waals surface area contributed by atoms with Crippen molar-refractivity contribution in [2.75, 3.05) is 6.54 Å². The van der Waals surface area contributed by atoms with Crippen LogP contribution in [0, 0.1) is 0 Å². The molecule has 2 heterocycles. The van der Waals surface area contributed by atoms with Crippen LogP contribution in [0.15, 0.2) is 66.0 Å². The number of imide groups is 1. The Morgan fingerprint density at radius 3 is 2.58 bits per heavy atom. The van der Waals surface area contributed by atoms with Crippen LogP contribution < -0.4 is 10.6 Å². The molecule has 6 nitrogen and oxygen atoms in total. The Labute approximate surface area is 196 Å². The van der Waals surface area contributed by atoms with Crippen molar-refractivity contribution in [3.63, 3.8) is 0 Å². The van der Waals surface area contributed by atoms with E-state index < -0.39 is 11.6 Å². The third-order valence-electron chi connectivity index (χ3n) is 6.53. The molecule has 33 heavy (non-hydrogen) atoms. The molecular formula is C26H25N3O3S. The van der Waals surface area contributed by atoms with Gasteiger partial charge in [-0.25, -0.2) is 4.79 Å². The Hall–Kier alpha value is -3.45. The average Bonchev–Trinajstić information content (AvgIpc) is 3.40. The van der Waals surface area contributed by atoms with E-state index in [1.165, 1.54) is 0 Å². The van der Waals surface area contributed by atoms with Crippen LogP contribution in [0.4, 0.5) is 4.79 Å². The fourth-order valence-electron chi connectivity index (χ4n) is 4.79. The standard InChI is InChI=1S/C26H25N3O3S/c1-17(18-9-11-20(12-10-18)19-6-3-2-4-7-19)27-23(30)16-29-24(31)26(28-25(29)32)14-5-8-22-21(26)13-15-33-22/h2-4,6-7,9-13,15,17H,5,8,14,16H2,1H3,(H,27,30)(H,28,32). The number of amides is 4. The predicted molar refractivity (Wildman–Crippen MR) is 128 cm³/mol. The highest BCUT2D eigenvalue weighted by Crippen LogP contribution is 2.42. The minimum Gasteiger partial charge on any atom is -0.348 e. The summed E-state index contributed by atoms with van der Waals surface area (Å²) in [4.78, 5) is 40.9. The van der Waals surface area contributed by atoms with Crippen LogP contribution in [0.5, 0.6) is 0 Å². The number of benzene rings is 2. The molecule has 2 unspecified atom stereocenters. The molecule has 1 aliphatic carbocycles. The molecular weight excluding hydrogens is 434 g/mol. The lowest BCUT2D eigenvalue weighted by Crippen LogP contribution is -2.47. The number of hydrogen-bond acceptors (Lipinski definition) is 4. The second-order valence-corrected chi connectivity index (χ2v) is 9.62. The van der Waals surface area contributed by atoms with Crippen LogP contribution in [0.1, 0.15) is 41.8 Å². The summed E-state index contributed by atoms with van der Waals surface area (Å²) in [5.74, 6) is -0.696. The topological polar surface area (TPSA) is 78.5 Å². The summed E-state index contributed by atoms with van der Waals surface area (Å²) in [5, 5.41) is 7.76. The largest absolute Gasteiger partial charge is 0.348 e. The predicted octanol–water partition coefficient (Wildman–Crippen LogP) is 4.38. The van der Waals surface area contributed by atoms with Gasteiger partial charge in [0, 0.05) is 10.4 Å². The van der Waals surface area contributed by atoms with Gasteiger partial charge in [0.05, 0.1) is 6.04 Å². The monoisotopic (exact) mass is 459 g/mol. The lowest BCUT2D eigenvalue weighted by molar-refractivity contribution is -0.135. The summed E-state index contributed by atoms with van der Waals surface area (Å²) >= 11 is 1.61. The second-order valence-electron chi connectivity index (χ2n) is 8.62. The van der Waals surface area contributed by atoms with Crippen LogP contribution in [0.2, 0.25) is 0 Å². The summed E-state index contributed by atoms with van der Waals surface area (Å²) in [5.41, 5.74) is 3.04. The number of carbonyl (C=O) groups is 3. The van der Waals surface area contributed by atoms with Gasteiger partial charge in [-0.05, 0) is 54.3 Å². The third kappa shape index (κ3) is 3.82. The van der Waals surface area contributed by atoms with Crippen LogP contribution in [-0.2, 0) is 21.5 Å². The molecule has 1 aliphatic heterocycles. The van der Waals surface area contributed by atoms with Gasteiger partial charge in [0.15, 0.2) is 0 Å². The van der Waals surface area contributed by atoms with Gasteiger partial charge in [-0.3, -0.25) is 14.5 Å². The maximum Gasteiger partial charge on any atom is 0.325 e. The van der Waals surface area contributed by atoms with Crippen molar-refractivity contribution in [2.45, 2.75) is 37.8 Å². The van der Waals surface area contributed by atoms with Crippen LogP contribution >= 0.6 is 11.3 Å². The molecule has 0 bridgehead atoms. The van der Waals surface area contributed by atoms with Gasteiger partial charge in [-0.2, -0.15) is 0 Å². The van der Waals surface area contributed by atoms with Crippen molar-refractivity contribution in [1.82, 2.24) is 15.5 Å². The molecule has 168 valence electrons. The molecule has 7 heteroatoms. The number of fused-ring (bicyclic) bond motifs is 2. The van der Waals surface area contributed by atoms with Gasteiger partial charge < -0.3 is 10.6 Å². The van der Waals surface area contributed by atoms with Gasteiger partial charge in [-0.15, -0.1) is 11.3 Å². The first kappa shape index (κ1) is 21.4. The van der Waals surface area contributed by atoms with E-state index in [-0.39, 0.29) is 24.4 Å². The van der Waals surface area contributed by atoms with E-state index in [0.717, 1.165) is 44.9 Å². The maximum atomic E-state index is 13.3. The molecule has 4 amide bonds. The number of carbonyl (C=O) groups excluding carboxylic acids is 3. The summed E-state index contributed by atoms with van der Waals surface area (Å²) in [7, 11) is 0. The van der Waals surface area contributed by atoms with E-state index in [4.69, 9.17) is 0 Å². The fraction of sp³-hybridized carbons (Fsp3) is 0.269. The van der Waals surface area contributed by atoms with E-state index in [0.29, 0.717) is 6.42 Å². The summed E-state index contributed by atoms with van der Waals surface area (Å²) < 4.78 is 0. The van der Waals surface area contributed by atoms with Gasteiger partial charge in [0.2, 0.25) is 5.91 Å². The Kier molecular flexibility index (Phi) is 5.50. The Balaban J connectivity index is 1.25. The van der Waals surface area contributed by atoms with Crippen molar-refractivity contribution in [3.8, 4) is 11.1 Å². The molecule has 2 atom stereocenters. The number of thiophene rings is 1. The van der Waals surface area contributed by atoms with Crippen molar-refractivity contribution in [3.05, 3.63) is 82.0 Å². The van der Waals surface area contributed by atoms with Crippen LogP contribution in [-0.4, -0.2) is 29.3 Å². The van der Waals surface area contributed by atoms with Gasteiger partial charge in [-0.1, -0.05) is 54.6 Å². The number of urea groups is 1. The first-order valence-corrected chi connectivity index (χ1v) is 12.0. The van der Waals surface area contributed by atoms with Crippen molar-refractivity contribution < 1.29 is 14.4 Å². The lowest BCUT2D eigenvalue weighted by atomic mass is 9.80. The quantitative estimate of drug-likeness (QED) is 0.556. The molecule has 2 aliphatic rings. The Morgan fingerprint density at radius 1 is 1.09 bits per heavy atom. The van der Waals surface area contributed by atoms with E-state index in [9.17, 15) is 14.4 Å². The van der Waals surface area contributed by atoms with E-state index in [2.05, 4.69) is 22.8 Å². The number of nitrogens with one attached hydrogen (secondary N) is 2. The summed E-state index contributed by atoms with van der Waals surface area (Å²) in [6.07, 6.45) is 2.30. The van der Waals surface area contributed by atoms with E-state index >= 15 is 0 Å². The molecule has 3 aromatic rings. The second kappa shape index (κ2) is 8.48. The molecule has 0 radical (unpaired) electrons.